The van der Waals surface area contributed by atoms with E-state index >= 15 is 8.78 Å². The van der Waals surface area contributed by atoms with Crippen molar-refractivity contribution in [3.05, 3.63) is 137 Å². The van der Waals surface area contributed by atoms with Crippen LogP contribution in [0, 0.1) is 23.0 Å². The molecule has 2 aliphatic rings. The Morgan fingerprint density at radius 3 is 2.24 bits per heavy atom. The molecule has 55 heavy (non-hydrogen) atoms. The van der Waals surface area contributed by atoms with E-state index in [1.165, 1.54) is 18.2 Å². The Bertz CT molecular complexity index is 2250. The number of hydrogen-bond donors (Lipinski definition) is 0. The molecule has 280 valence electrons. The molecule has 13 heteroatoms. The van der Waals surface area contributed by atoms with Gasteiger partial charge in [0.05, 0.1) is 31.9 Å². The summed E-state index contributed by atoms with van der Waals surface area (Å²) in [4.78, 5) is 24.0. The molecule has 2 atom stereocenters. The minimum atomic E-state index is -1.92. The molecular weight excluding hydrogens is 710 g/mol. The highest BCUT2D eigenvalue weighted by atomic mass is 19.1. The van der Waals surface area contributed by atoms with Gasteiger partial charge >= 0.3 is 5.97 Å². The van der Waals surface area contributed by atoms with Crippen LogP contribution in [0.4, 0.5) is 8.78 Å². The van der Waals surface area contributed by atoms with Crippen molar-refractivity contribution in [2.45, 2.75) is 37.8 Å². The number of rotatable bonds is 14. The molecule has 1 aliphatic carbocycles. The van der Waals surface area contributed by atoms with Gasteiger partial charge in [0, 0.05) is 31.6 Å². The number of likely N-dealkylation sites (N-methyl/N-ethyl adjacent to an activating group) is 1. The lowest BCUT2D eigenvalue weighted by Gasteiger charge is -2.45. The Kier molecular flexibility index (Phi) is 10.9. The van der Waals surface area contributed by atoms with Gasteiger partial charge in [0.2, 0.25) is 23.0 Å². The quantitative estimate of drug-likeness (QED) is 0.104. The lowest BCUT2D eigenvalue weighted by molar-refractivity contribution is -0.200. The van der Waals surface area contributed by atoms with Gasteiger partial charge in [-0.2, -0.15) is 19.0 Å². The monoisotopic (exact) mass is 746 g/mol. The number of methoxy groups -OCH3 is 1. The minimum absolute atomic E-state index is 0.0338. The van der Waals surface area contributed by atoms with Crippen LogP contribution in [0.25, 0.3) is 0 Å². The summed E-state index contributed by atoms with van der Waals surface area (Å²) >= 11 is 0. The van der Waals surface area contributed by atoms with Gasteiger partial charge in [-0.3, -0.25) is 4.99 Å². The summed E-state index contributed by atoms with van der Waals surface area (Å²) in [6, 6.07) is 31.6. The van der Waals surface area contributed by atoms with E-state index in [-0.39, 0.29) is 42.4 Å². The van der Waals surface area contributed by atoms with Crippen LogP contribution in [0.15, 0.2) is 108 Å². The molecule has 0 bridgehead atoms. The number of amidine groups is 1. The molecular formula is C42H36F2N4O7. The maximum absolute atomic E-state index is 16.7. The van der Waals surface area contributed by atoms with Crippen molar-refractivity contribution >= 4 is 11.8 Å². The van der Waals surface area contributed by atoms with Gasteiger partial charge in [0.25, 0.3) is 11.8 Å². The summed E-state index contributed by atoms with van der Waals surface area (Å²) in [6.07, 6.45) is -0.546. The maximum atomic E-state index is 16.7. The smallest absolute Gasteiger partial charge is 0.353 e. The normalized spacial score (nSPS) is 17.4. The number of hydrogen-bond acceptors (Lipinski definition) is 11. The Balaban J connectivity index is 1.27. The van der Waals surface area contributed by atoms with Gasteiger partial charge in [-0.15, -0.1) is 0 Å². The molecule has 4 aromatic carbocycles. The zero-order valence-corrected chi connectivity index (χ0v) is 30.0. The van der Waals surface area contributed by atoms with E-state index in [1.54, 1.807) is 18.2 Å². The highest BCUT2D eigenvalue weighted by Crippen LogP contribution is 2.46. The van der Waals surface area contributed by atoms with E-state index in [9.17, 15) is 10.1 Å². The average molecular weight is 747 g/mol. The fraction of sp³-hybridized carbons (Fsp3) is 0.238. The Morgan fingerprint density at radius 1 is 0.891 bits per heavy atom. The van der Waals surface area contributed by atoms with E-state index in [0.29, 0.717) is 18.5 Å². The Labute approximate surface area is 316 Å². The standard InChI is InChI=1S/C42H36F2N4O7/c1-48-21-20-46-38(48)30-14-9-15-31(23-30)53-39-35(43)37(55-42(41(49)50-2)19-18-34(42)52-26-28-12-7-4-8-13-28)36(44)40(47-39)54-33-22-29(24-45)16-17-32(33)51-25-27-10-5-3-6-11-27/h3-17,22-23,34H,18-21,25-26H2,1-2H3. The topological polar surface area (TPSA) is 125 Å². The number of aromatic nitrogens is 1. The first-order valence-corrected chi connectivity index (χ1v) is 17.5. The second-order valence-electron chi connectivity index (χ2n) is 12.9. The predicted octanol–water partition coefficient (Wildman–Crippen LogP) is 7.76. The Hall–Kier alpha value is -6.52. The number of aliphatic imine (C=N–C) groups is 1. The molecule has 1 saturated carbocycles. The van der Waals surface area contributed by atoms with Crippen molar-refractivity contribution in [1.82, 2.24) is 9.88 Å². The van der Waals surface area contributed by atoms with Crippen LogP contribution in [0.2, 0.25) is 0 Å². The van der Waals surface area contributed by atoms with Crippen molar-refractivity contribution in [3.63, 3.8) is 0 Å². The number of halogens is 2. The van der Waals surface area contributed by atoms with Crippen LogP contribution in [0.1, 0.15) is 35.1 Å². The zero-order valence-electron chi connectivity index (χ0n) is 30.0. The van der Waals surface area contributed by atoms with Crippen LogP contribution >= 0.6 is 0 Å². The van der Waals surface area contributed by atoms with Crippen LogP contribution in [0.5, 0.6) is 34.8 Å². The molecule has 1 fully saturated rings. The molecule has 0 saturated heterocycles. The van der Waals surface area contributed by atoms with Crippen molar-refractivity contribution < 1.29 is 42.0 Å². The third-order valence-electron chi connectivity index (χ3n) is 9.27. The second kappa shape index (κ2) is 16.2. The first-order valence-electron chi connectivity index (χ1n) is 17.5. The van der Waals surface area contributed by atoms with E-state index in [4.69, 9.17) is 28.4 Å². The highest BCUT2D eigenvalue weighted by Gasteiger charge is 2.58. The molecule has 0 spiro atoms. The average Bonchev–Trinajstić information content (AvgIpc) is 3.65. The molecule has 2 heterocycles. The Morgan fingerprint density at radius 2 is 1.60 bits per heavy atom. The third kappa shape index (κ3) is 7.90. The largest absolute Gasteiger partial charge is 0.485 e. The molecule has 1 aromatic heterocycles. The molecule has 11 nitrogen and oxygen atoms in total. The second-order valence-corrected chi connectivity index (χ2v) is 12.9. The number of benzene rings is 4. The van der Waals surface area contributed by atoms with E-state index in [2.05, 4.69) is 9.98 Å². The van der Waals surface area contributed by atoms with Crippen LogP contribution in [-0.2, 0) is 27.5 Å². The van der Waals surface area contributed by atoms with Gasteiger partial charge in [-0.05, 0) is 41.8 Å². The summed E-state index contributed by atoms with van der Waals surface area (Å²) in [6.45, 7) is 1.58. The summed E-state index contributed by atoms with van der Waals surface area (Å²) < 4.78 is 68.5. The van der Waals surface area contributed by atoms with Gasteiger partial charge in [-0.1, -0.05) is 72.8 Å². The first-order chi connectivity index (χ1) is 26.8. The molecule has 5 aromatic rings. The molecule has 0 radical (unpaired) electrons. The van der Waals surface area contributed by atoms with E-state index in [0.717, 1.165) is 30.6 Å². The van der Waals surface area contributed by atoms with Crippen LogP contribution < -0.4 is 18.9 Å². The molecule has 0 N–H and O–H groups in total. The van der Waals surface area contributed by atoms with Crippen molar-refractivity contribution in [2.24, 2.45) is 4.99 Å². The lowest BCUT2D eigenvalue weighted by atomic mass is 9.76. The number of esters is 1. The molecule has 2 unspecified atom stereocenters. The summed E-state index contributed by atoms with van der Waals surface area (Å²) in [5.74, 6) is -5.17. The number of carbonyl (C=O) groups excluding carboxylic acids is 1. The first kappa shape index (κ1) is 36.8. The summed E-state index contributed by atoms with van der Waals surface area (Å²) in [5, 5.41) is 9.67. The number of ether oxygens (including phenoxy) is 6. The predicted molar refractivity (Wildman–Crippen MR) is 196 cm³/mol. The van der Waals surface area contributed by atoms with E-state index in [1.807, 2.05) is 84.7 Å². The van der Waals surface area contributed by atoms with Gasteiger partial charge in [-0.25, -0.2) is 4.79 Å². The maximum Gasteiger partial charge on any atom is 0.353 e. The van der Waals surface area contributed by atoms with Crippen molar-refractivity contribution in [1.29, 1.82) is 5.26 Å². The minimum Gasteiger partial charge on any atom is -0.485 e. The molecule has 1 aliphatic heterocycles. The van der Waals surface area contributed by atoms with Crippen molar-refractivity contribution in [2.75, 3.05) is 27.2 Å². The van der Waals surface area contributed by atoms with E-state index < -0.39 is 46.8 Å². The molecule has 7 rings (SSSR count). The van der Waals surface area contributed by atoms with Gasteiger partial charge in [0.1, 0.15) is 24.3 Å². The fourth-order valence-electron chi connectivity index (χ4n) is 6.24. The number of carbonyl (C=O) groups is 1. The summed E-state index contributed by atoms with van der Waals surface area (Å²) in [7, 11) is 3.06. The SMILES string of the molecule is COC(=O)C1(Oc2c(F)c(Oc3cccc(C4=NCCN4C)c3)nc(Oc3cc(C#N)ccc3OCc3ccccc3)c2F)CCC1OCc1ccccc1. The zero-order chi connectivity index (χ0) is 38.4. The van der Waals surface area contributed by atoms with Crippen LogP contribution in [0.3, 0.4) is 0 Å². The third-order valence-corrected chi connectivity index (χ3v) is 9.27. The van der Waals surface area contributed by atoms with Crippen molar-refractivity contribution in [3.8, 4) is 40.8 Å². The van der Waals surface area contributed by atoms with Gasteiger partial charge in [0.15, 0.2) is 11.5 Å². The lowest BCUT2D eigenvalue weighted by Crippen LogP contribution is -2.63. The number of nitriles is 1. The molecule has 0 amide bonds. The highest BCUT2D eigenvalue weighted by molar-refractivity contribution is 5.99. The fourth-order valence-corrected chi connectivity index (χ4v) is 6.24. The number of nitrogens with zero attached hydrogens (tertiary/aromatic N) is 4. The van der Waals surface area contributed by atoms with Crippen LogP contribution in [-0.4, -0.2) is 60.6 Å². The summed E-state index contributed by atoms with van der Waals surface area (Å²) in [5.41, 5.74) is 0.620. The number of pyridine rings is 1. The van der Waals surface area contributed by atoms with Gasteiger partial charge < -0.3 is 33.3 Å².